The van der Waals surface area contributed by atoms with Gasteiger partial charge in [0.15, 0.2) is 5.75 Å². The Morgan fingerprint density at radius 3 is 3.00 bits per heavy atom. The lowest BCUT2D eigenvalue weighted by Gasteiger charge is -2.10. The first-order chi connectivity index (χ1) is 8.76. The van der Waals surface area contributed by atoms with Crippen LogP contribution in [0.25, 0.3) is 5.69 Å². The maximum Gasteiger partial charge on any atom is 0.157 e. The molecule has 0 aliphatic carbocycles. The molecule has 0 radical (unpaired) electrons. The van der Waals surface area contributed by atoms with Crippen LogP contribution in [-0.2, 0) is 6.54 Å². The van der Waals surface area contributed by atoms with Crippen LogP contribution in [0.1, 0.15) is 12.5 Å². The molecule has 2 aromatic rings. The Bertz CT molecular complexity index is 525. The van der Waals surface area contributed by atoms with E-state index < -0.39 is 0 Å². The molecule has 18 heavy (non-hydrogen) atoms. The number of ether oxygens (including phenoxy) is 1. The van der Waals surface area contributed by atoms with Gasteiger partial charge in [-0.3, -0.25) is 0 Å². The molecule has 96 valence electrons. The average molecular weight is 266 g/mol. The monoisotopic (exact) mass is 265 g/mol. The van der Waals surface area contributed by atoms with Crippen LogP contribution in [0, 0.1) is 0 Å². The van der Waals surface area contributed by atoms with Gasteiger partial charge >= 0.3 is 0 Å². The van der Waals surface area contributed by atoms with Crippen LogP contribution in [0.15, 0.2) is 30.6 Å². The number of para-hydroxylation sites is 1. The van der Waals surface area contributed by atoms with Crippen molar-refractivity contribution in [2.75, 3.05) is 13.7 Å². The largest absolute Gasteiger partial charge is 0.491 e. The fourth-order valence-corrected chi connectivity index (χ4v) is 2.10. The molecule has 0 aliphatic rings. The van der Waals surface area contributed by atoms with Crippen molar-refractivity contribution in [3.8, 4) is 11.4 Å². The Hall–Kier alpha value is -1.52. The molecule has 0 spiro atoms. The van der Waals surface area contributed by atoms with Crippen LogP contribution >= 0.6 is 11.6 Å². The molecular formula is C13H16ClN3O. The Balaban J connectivity index is 2.41. The Labute approximate surface area is 112 Å². The van der Waals surface area contributed by atoms with Crippen LogP contribution in [-0.4, -0.2) is 23.4 Å². The first-order valence-corrected chi connectivity index (χ1v) is 6.24. The first-order valence-electron chi connectivity index (χ1n) is 5.86. The summed E-state index contributed by atoms with van der Waals surface area (Å²) >= 11 is 6.26. The topological polar surface area (TPSA) is 39.1 Å². The van der Waals surface area contributed by atoms with Crippen molar-refractivity contribution in [2.24, 2.45) is 0 Å². The molecule has 0 atom stereocenters. The van der Waals surface area contributed by atoms with Crippen molar-refractivity contribution >= 4 is 11.6 Å². The van der Waals surface area contributed by atoms with E-state index in [-0.39, 0.29) is 0 Å². The predicted octanol–water partition coefficient (Wildman–Crippen LogP) is 2.64. The lowest BCUT2D eigenvalue weighted by molar-refractivity contribution is 0.340. The minimum Gasteiger partial charge on any atom is -0.491 e. The maximum absolute atomic E-state index is 6.26. The number of hydrogen-bond acceptors (Lipinski definition) is 3. The van der Waals surface area contributed by atoms with Gasteiger partial charge < -0.3 is 10.1 Å². The molecule has 5 heteroatoms. The van der Waals surface area contributed by atoms with E-state index in [1.807, 2.05) is 38.4 Å². The predicted molar refractivity (Wildman–Crippen MR) is 72.5 cm³/mol. The summed E-state index contributed by atoms with van der Waals surface area (Å²) in [5.41, 5.74) is 1.98. The zero-order valence-electron chi connectivity index (χ0n) is 10.5. The van der Waals surface area contributed by atoms with Crippen LogP contribution in [0.2, 0.25) is 5.02 Å². The van der Waals surface area contributed by atoms with Gasteiger partial charge in [0.25, 0.3) is 0 Å². The van der Waals surface area contributed by atoms with Crippen LogP contribution < -0.4 is 10.1 Å². The maximum atomic E-state index is 6.26. The van der Waals surface area contributed by atoms with E-state index in [9.17, 15) is 0 Å². The van der Waals surface area contributed by atoms with E-state index in [1.165, 1.54) is 0 Å². The van der Waals surface area contributed by atoms with E-state index in [2.05, 4.69) is 10.4 Å². The third-order valence-electron chi connectivity index (χ3n) is 2.54. The number of aromatic nitrogens is 2. The van der Waals surface area contributed by atoms with Crippen molar-refractivity contribution in [3.05, 3.63) is 41.2 Å². The summed E-state index contributed by atoms with van der Waals surface area (Å²) in [6, 6.07) is 5.82. The molecule has 0 bridgehead atoms. The number of nitrogens with one attached hydrogen (secondary N) is 1. The van der Waals surface area contributed by atoms with E-state index >= 15 is 0 Å². The van der Waals surface area contributed by atoms with Gasteiger partial charge in [0, 0.05) is 6.54 Å². The second-order valence-corrected chi connectivity index (χ2v) is 4.24. The summed E-state index contributed by atoms with van der Waals surface area (Å²) in [5, 5.41) is 8.09. The third kappa shape index (κ3) is 2.66. The summed E-state index contributed by atoms with van der Waals surface area (Å²) in [4.78, 5) is 0. The van der Waals surface area contributed by atoms with E-state index in [0.717, 1.165) is 23.5 Å². The van der Waals surface area contributed by atoms with E-state index in [1.54, 1.807) is 10.9 Å². The standard InChI is InChI=1S/C13H16ClN3O/c1-3-18-11-8-16-17(9-11)13-10(7-15-2)5-4-6-12(13)14/h4-6,8-9,15H,3,7H2,1-2H3. The number of hydrogen-bond donors (Lipinski definition) is 1. The van der Waals surface area contributed by atoms with Gasteiger partial charge in [-0.15, -0.1) is 0 Å². The van der Waals surface area contributed by atoms with Gasteiger partial charge in [-0.25, -0.2) is 4.68 Å². The molecule has 1 N–H and O–H groups in total. The van der Waals surface area contributed by atoms with Gasteiger partial charge in [-0.2, -0.15) is 5.10 Å². The highest BCUT2D eigenvalue weighted by molar-refractivity contribution is 6.32. The highest BCUT2D eigenvalue weighted by atomic mass is 35.5. The smallest absolute Gasteiger partial charge is 0.157 e. The van der Waals surface area contributed by atoms with E-state index in [0.29, 0.717) is 11.6 Å². The SMILES string of the molecule is CCOc1cnn(-c2c(Cl)cccc2CNC)c1. The highest BCUT2D eigenvalue weighted by Crippen LogP contribution is 2.25. The van der Waals surface area contributed by atoms with Crippen LogP contribution in [0.4, 0.5) is 0 Å². The molecule has 0 unspecified atom stereocenters. The minimum absolute atomic E-state index is 0.623. The van der Waals surface area contributed by atoms with Crippen molar-refractivity contribution in [3.63, 3.8) is 0 Å². The molecule has 0 saturated heterocycles. The van der Waals surface area contributed by atoms with Crippen LogP contribution in [0.3, 0.4) is 0 Å². The van der Waals surface area contributed by atoms with Crippen molar-refractivity contribution in [1.29, 1.82) is 0 Å². The second kappa shape index (κ2) is 5.89. The molecule has 2 rings (SSSR count). The number of halogens is 1. The lowest BCUT2D eigenvalue weighted by Crippen LogP contribution is -2.09. The zero-order valence-corrected chi connectivity index (χ0v) is 11.2. The minimum atomic E-state index is 0.623. The molecular weight excluding hydrogens is 250 g/mol. The Morgan fingerprint density at radius 2 is 2.28 bits per heavy atom. The molecule has 0 fully saturated rings. The molecule has 0 amide bonds. The van der Waals surface area contributed by atoms with Gasteiger partial charge in [0.1, 0.15) is 0 Å². The van der Waals surface area contributed by atoms with Gasteiger partial charge in [0.05, 0.1) is 29.7 Å². The summed E-state index contributed by atoms with van der Waals surface area (Å²) in [7, 11) is 1.90. The van der Waals surface area contributed by atoms with Crippen LogP contribution in [0.5, 0.6) is 5.75 Å². The lowest BCUT2D eigenvalue weighted by atomic mass is 10.2. The summed E-state index contributed by atoms with van der Waals surface area (Å²) in [6.07, 6.45) is 3.53. The number of rotatable bonds is 5. The molecule has 1 aromatic heterocycles. The normalized spacial score (nSPS) is 10.6. The zero-order chi connectivity index (χ0) is 13.0. The second-order valence-electron chi connectivity index (χ2n) is 3.83. The first kappa shape index (κ1) is 12.9. The molecule has 1 aromatic carbocycles. The Morgan fingerprint density at radius 1 is 1.44 bits per heavy atom. The molecule has 4 nitrogen and oxygen atoms in total. The Kier molecular flexibility index (Phi) is 4.23. The highest BCUT2D eigenvalue weighted by Gasteiger charge is 2.10. The summed E-state index contributed by atoms with van der Waals surface area (Å²) in [5.74, 6) is 0.743. The van der Waals surface area contributed by atoms with Crippen molar-refractivity contribution in [2.45, 2.75) is 13.5 Å². The summed E-state index contributed by atoms with van der Waals surface area (Å²) in [6.45, 7) is 3.30. The molecule has 0 aliphatic heterocycles. The third-order valence-corrected chi connectivity index (χ3v) is 2.84. The summed E-state index contributed by atoms with van der Waals surface area (Å²) < 4.78 is 7.16. The van der Waals surface area contributed by atoms with Gasteiger partial charge in [0.2, 0.25) is 0 Å². The van der Waals surface area contributed by atoms with Crippen molar-refractivity contribution in [1.82, 2.24) is 15.1 Å². The molecule has 1 heterocycles. The fourth-order valence-electron chi connectivity index (χ4n) is 1.82. The van der Waals surface area contributed by atoms with Gasteiger partial charge in [-0.1, -0.05) is 23.7 Å². The fraction of sp³-hybridized carbons (Fsp3) is 0.308. The van der Waals surface area contributed by atoms with Crippen molar-refractivity contribution < 1.29 is 4.74 Å². The number of benzene rings is 1. The van der Waals surface area contributed by atoms with E-state index in [4.69, 9.17) is 16.3 Å². The molecule has 0 saturated carbocycles. The quantitative estimate of drug-likeness (QED) is 0.903. The van der Waals surface area contributed by atoms with Gasteiger partial charge in [-0.05, 0) is 25.6 Å². The average Bonchev–Trinajstić information content (AvgIpc) is 2.78. The number of nitrogens with zero attached hydrogens (tertiary/aromatic N) is 2.